The van der Waals surface area contributed by atoms with Gasteiger partial charge in [0.1, 0.15) is 0 Å². The SMILES string of the molecule is NNC(c1cccc(F)c1F)c1ncc(Cl)cc1Cl. The van der Waals surface area contributed by atoms with E-state index in [0.717, 1.165) is 6.07 Å². The fraction of sp³-hybridized carbons (Fsp3) is 0.0833. The molecule has 1 aromatic heterocycles. The van der Waals surface area contributed by atoms with Gasteiger partial charge >= 0.3 is 0 Å². The molecule has 0 radical (unpaired) electrons. The average molecular weight is 304 g/mol. The fourth-order valence-electron chi connectivity index (χ4n) is 1.70. The van der Waals surface area contributed by atoms with Crippen LogP contribution in [0.2, 0.25) is 10.0 Å². The zero-order chi connectivity index (χ0) is 14.0. The average Bonchev–Trinajstić information content (AvgIpc) is 2.37. The molecule has 2 rings (SSSR count). The Hall–Kier alpha value is -1.27. The van der Waals surface area contributed by atoms with Gasteiger partial charge < -0.3 is 0 Å². The lowest BCUT2D eigenvalue weighted by atomic mass is 10.0. The van der Waals surface area contributed by atoms with Crippen LogP contribution in [0.25, 0.3) is 0 Å². The largest absolute Gasteiger partial charge is 0.271 e. The first-order chi connectivity index (χ1) is 9.04. The van der Waals surface area contributed by atoms with Crippen LogP contribution in [-0.4, -0.2) is 4.98 Å². The summed E-state index contributed by atoms with van der Waals surface area (Å²) in [6.45, 7) is 0. The number of hydrogen-bond acceptors (Lipinski definition) is 3. The van der Waals surface area contributed by atoms with Crippen molar-refractivity contribution in [3.05, 3.63) is 63.4 Å². The van der Waals surface area contributed by atoms with Crippen molar-refractivity contribution in [3.8, 4) is 0 Å². The van der Waals surface area contributed by atoms with Crippen LogP contribution in [0.3, 0.4) is 0 Å². The van der Waals surface area contributed by atoms with E-state index < -0.39 is 17.7 Å². The van der Waals surface area contributed by atoms with Crippen LogP contribution >= 0.6 is 23.2 Å². The Kier molecular flexibility index (Phi) is 4.31. The third-order valence-corrected chi connectivity index (χ3v) is 3.08. The summed E-state index contributed by atoms with van der Waals surface area (Å²) in [6.07, 6.45) is 1.35. The van der Waals surface area contributed by atoms with Crippen LogP contribution in [0.1, 0.15) is 17.3 Å². The Morgan fingerprint density at radius 2 is 2.00 bits per heavy atom. The maximum Gasteiger partial charge on any atom is 0.164 e. The van der Waals surface area contributed by atoms with Crippen molar-refractivity contribution in [1.29, 1.82) is 0 Å². The van der Waals surface area contributed by atoms with E-state index in [9.17, 15) is 8.78 Å². The van der Waals surface area contributed by atoms with Gasteiger partial charge in [0.15, 0.2) is 11.6 Å². The van der Waals surface area contributed by atoms with E-state index in [1.807, 2.05) is 0 Å². The number of hydrogen-bond donors (Lipinski definition) is 2. The number of rotatable bonds is 3. The molecule has 3 N–H and O–H groups in total. The first kappa shape index (κ1) is 14.1. The Balaban J connectivity index is 2.53. The van der Waals surface area contributed by atoms with Crippen molar-refractivity contribution in [2.75, 3.05) is 0 Å². The molecule has 0 saturated carbocycles. The standard InChI is InChI=1S/C12H9Cl2F2N3/c13-6-4-8(14)12(18-5-6)11(19-17)7-2-1-3-9(15)10(7)16/h1-5,11,19H,17H2. The molecule has 1 aromatic carbocycles. The molecule has 0 amide bonds. The second kappa shape index (κ2) is 5.79. The van der Waals surface area contributed by atoms with Crippen molar-refractivity contribution in [2.24, 2.45) is 5.84 Å². The molecule has 1 atom stereocenters. The lowest BCUT2D eigenvalue weighted by Crippen LogP contribution is -2.30. The topological polar surface area (TPSA) is 50.9 Å². The summed E-state index contributed by atoms with van der Waals surface area (Å²) in [4.78, 5) is 4.00. The van der Waals surface area contributed by atoms with E-state index >= 15 is 0 Å². The zero-order valence-corrected chi connectivity index (χ0v) is 11.0. The molecule has 1 heterocycles. The molecule has 3 nitrogen and oxygen atoms in total. The molecule has 0 aliphatic heterocycles. The molecule has 0 bridgehead atoms. The maximum absolute atomic E-state index is 13.8. The molecule has 7 heteroatoms. The van der Waals surface area contributed by atoms with Crippen molar-refractivity contribution < 1.29 is 8.78 Å². The Morgan fingerprint density at radius 3 is 2.63 bits per heavy atom. The number of pyridine rings is 1. The maximum atomic E-state index is 13.8. The molecule has 2 aromatic rings. The molecule has 0 aliphatic rings. The number of hydrazine groups is 1. The predicted molar refractivity (Wildman–Crippen MR) is 69.8 cm³/mol. The van der Waals surface area contributed by atoms with E-state index in [1.165, 1.54) is 24.4 Å². The van der Waals surface area contributed by atoms with Crippen LogP contribution < -0.4 is 11.3 Å². The minimum atomic E-state index is -1.00. The van der Waals surface area contributed by atoms with Crippen LogP contribution in [0.5, 0.6) is 0 Å². The molecule has 0 fully saturated rings. The third-order valence-electron chi connectivity index (χ3n) is 2.57. The van der Waals surface area contributed by atoms with Crippen molar-refractivity contribution in [3.63, 3.8) is 0 Å². The first-order valence-corrected chi connectivity index (χ1v) is 6.01. The summed E-state index contributed by atoms with van der Waals surface area (Å²) in [5.74, 6) is 3.42. The van der Waals surface area contributed by atoms with E-state index in [0.29, 0.717) is 5.02 Å². The molecule has 0 saturated heterocycles. The van der Waals surface area contributed by atoms with Gasteiger partial charge in [0.2, 0.25) is 0 Å². The van der Waals surface area contributed by atoms with Gasteiger partial charge in [0.25, 0.3) is 0 Å². The molecule has 0 spiro atoms. The summed E-state index contributed by atoms with van der Waals surface area (Å²) in [7, 11) is 0. The normalized spacial score (nSPS) is 12.5. The van der Waals surface area contributed by atoms with Gasteiger partial charge in [-0.15, -0.1) is 0 Å². The van der Waals surface area contributed by atoms with Crippen molar-refractivity contribution >= 4 is 23.2 Å². The minimum absolute atomic E-state index is 0.0132. The van der Waals surface area contributed by atoms with Gasteiger partial charge in [-0.05, 0) is 12.1 Å². The van der Waals surface area contributed by atoms with E-state index in [1.54, 1.807) is 0 Å². The number of nitrogens with one attached hydrogen (secondary N) is 1. The van der Waals surface area contributed by atoms with Crippen molar-refractivity contribution in [1.82, 2.24) is 10.4 Å². The van der Waals surface area contributed by atoms with Crippen LogP contribution in [-0.2, 0) is 0 Å². The van der Waals surface area contributed by atoms with Gasteiger partial charge in [0.05, 0.1) is 21.8 Å². The highest BCUT2D eigenvalue weighted by atomic mass is 35.5. The molecule has 19 heavy (non-hydrogen) atoms. The van der Waals surface area contributed by atoms with Crippen LogP contribution in [0.4, 0.5) is 8.78 Å². The van der Waals surface area contributed by atoms with E-state index in [4.69, 9.17) is 29.0 Å². The molecular weight excluding hydrogens is 295 g/mol. The lowest BCUT2D eigenvalue weighted by molar-refractivity contribution is 0.481. The summed E-state index contributed by atoms with van der Waals surface area (Å²) >= 11 is 11.7. The van der Waals surface area contributed by atoms with Gasteiger partial charge in [0, 0.05) is 11.8 Å². The minimum Gasteiger partial charge on any atom is -0.271 e. The van der Waals surface area contributed by atoms with Gasteiger partial charge in [-0.2, -0.15) is 0 Å². The number of halogens is 4. The highest BCUT2D eigenvalue weighted by molar-refractivity contribution is 6.34. The summed E-state index contributed by atoms with van der Waals surface area (Å²) in [6, 6.07) is 4.37. The fourth-order valence-corrected chi connectivity index (χ4v) is 2.19. The molecule has 1 unspecified atom stereocenters. The monoisotopic (exact) mass is 303 g/mol. The summed E-state index contributed by atoms with van der Waals surface area (Å²) < 4.78 is 27.0. The Bertz CT molecular complexity index is 608. The highest BCUT2D eigenvalue weighted by Crippen LogP contribution is 2.29. The lowest BCUT2D eigenvalue weighted by Gasteiger charge is -2.18. The van der Waals surface area contributed by atoms with E-state index in [-0.39, 0.29) is 16.3 Å². The Morgan fingerprint density at radius 1 is 1.26 bits per heavy atom. The molecular formula is C12H9Cl2F2N3. The molecule has 0 aliphatic carbocycles. The summed E-state index contributed by atoms with van der Waals surface area (Å²) in [5, 5.41) is 0.545. The van der Waals surface area contributed by atoms with Crippen LogP contribution in [0, 0.1) is 11.6 Å². The Labute approximate surface area is 118 Å². The van der Waals surface area contributed by atoms with E-state index in [2.05, 4.69) is 10.4 Å². The van der Waals surface area contributed by atoms with Crippen molar-refractivity contribution in [2.45, 2.75) is 6.04 Å². The smallest absolute Gasteiger partial charge is 0.164 e. The van der Waals surface area contributed by atoms with Crippen LogP contribution in [0.15, 0.2) is 30.5 Å². The molecule has 100 valence electrons. The van der Waals surface area contributed by atoms with Gasteiger partial charge in [-0.1, -0.05) is 35.3 Å². The zero-order valence-electron chi connectivity index (χ0n) is 9.50. The van der Waals surface area contributed by atoms with Gasteiger partial charge in [-0.3, -0.25) is 10.8 Å². The van der Waals surface area contributed by atoms with Gasteiger partial charge in [-0.25, -0.2) is 14.2 Å². The number of aromatic nitrogens is 1. The number of benzene rings is 1. The first-order valence-electron chi connectivity index (χ1n) is 5.25. The predicted octanol–water partition coefficient (Wildman–Crippen LogP) is 3.22. The second-order valence-electron chi connectivity index (χ2n) is 3.76. The quantitative estimate of drug-likeness (QED) is 0.676. The highest BCUT2D eigenvalue weighted by Gasteiger charge is 2.22. The number of nitrogens with zero attached hydrogens (tertiary/aromatic N) is 1. The third kappa shape index (κ3) is 2.84. The number of nitrogens with two attached hydrogens (primary N) is 1. The summed E-state index contributed by atoms with van der Waals surface area (Å²) in [5.41, 5.74) is 2.64. The second-order valence-corrected chi connectivity index (χ2v) is 4.61.